The van der Waals surface area contributed by atoms with Gasteiger partial charge in [0.2, 0.25) is 5.91 Å². The van der Waals surface area contributed by atoms with Crippen molar-refractivity contribution in [1.29, 1.82) is 0 Å². The zero-order chi connectivity index (χ0) is 13.9. The summed E-state index contributed by atoms with van der Waals surface area (Å²) >= 11 is 0. The fourth-order valence-electron chi connectivity index (χ4n) is 3.04. The van der Waals surface area contributed by atoms with E-state index in [1.165, 1.54) is 0 Å². The molecule has 5 heteroatoms. The molecule has 1 atom stereocenters. The highest BCUT2D eigenvalue weighted by atomic mass is 16.5. The molecule has 2 saturated heterocycles. The summed E-state index contributed by atoms with van der Waals surface area (Å²) in [7, 11) is 0. The summed E-state index contributed by atoms with van der Waals surface area (Å²) in [6.07, 6.45) is 1.86. The van der Waals surface area contributed by atoms with Gasteiger partial charge in [-0.1, -0.05) is 0 Å². The van der Waals surface area contributed by atoms with E-state index in [0.717, 1.165) is 37.5 Å². The Balaban J connectivity index is 1.76. The highest BCUT2D eigenvalue weighted by molar-refractivity contribution is 5.79. The zero-order valence-electron chi connectivity index (χ0n) is 11.9. The van der Waals surface area contributed by atoms with E-state index >= 15 is 0 Å². The lowest BCUT2D eigenvalue weighted by Crippen LogP contribution is -2.47. The standard InChI is InChI=1S/C15H22N2O3/c1-11-2-3-14(20-11)13-10-19-9-8-17(13)15(18)12-4-6-16-7-5-12/h2-3,12-13,16H,4-10H2,1H3. The molecule has 3 heterocycles. The van der Waals surface area contributed by atoms with Crippen LogP contribution in [0.1, 0.15) is 30.4 Å². The highest BCUT2D eigenvalue weighted by Crippen LogP contribution is 2.28. The van der Waals surface area contributed by atoms with E-state index in [1.807, 2.05) is 24.0 Å². The minimum absolute atomic E-state index is 0.0696. The van der Waals surface area contributed by atoms with Crippen LogP contribution in [0.3, 0.4) is 0 Å². The number of hydrogen-bond acceptors (Lipinski definition) is 4. The van der Waals surface area contributed by atoms with Crippen LogP contribution in [0.25, 0.3) is 0 Å². The normalized spacial score (nSPS) is 24.9. The Hall–Kier alpha value is -1.33. The Kier molecular flexibility index (Phi) is 4.08. The molecule has 5 nitrogen and oxygen atoms in total. The number of hydrogen-bond donors (Lipinski definition) is 1. The lowest BCUT2D eigenvalue weighted by Gasteiger charge is -2.37. The van der Waals surface area contributed by atoms with Gasteiger partial charge in [-0.2, -0.15) is 0 Å². The van der Waals surface area contributed by atoms with Gasteiger partial charge >= 0.3 is 0 Å². The van der Waals surface area contributed by atoms with Crippen LogP contribution >= 0.6 is 0 Å². The van der Waals surface area contributed by atoms with Crippen molar-refractivity contribution in [2.45, 2.75) is 25.8 Å². The molecule has 20 heavy (non-hydrogen) atoms. The van der Waals surface area contributed by atoms with Gasteiger partial charge in [0.15, 0.2) is 0 Å². The van der Waals surface area contributed by atoms with E-state index in [4.69, 9.17) is 9.15 Å². The predicted molar refractivity (Wildman–Crippen MR) is 74.3 cm³/mol. The van der Waals surface area contributed by atoms with E-state index in [9.17, 15) is 4.79 Å². The van der Waals surface area contributed by atoms with Gasteiger partial charge in [-0.15, -0.1) is 0 Å². The number of ether oxygens (including phenoxy) is 1. The van der Waals surface area contributed by atoms with Crippen molar-refractivity contribution in [1.82, 2.24) is 10.2 Å². The molecule has 0 spiro atoms. The van der Waals surface area contributed by atoms with E-state index in [-0.39, 0.29) is 17.9 Å². The first-order valence-corrected chi connectivity index (χ1v) is 7.41. The van der Waals surface area contributed by atoms with Crippen molar-refractivity contribution in [3.63, 3.8) is 0 Å². The molecule has 1 N–H and O–H groups in total. The van der Waals surface area contributed by atoms with Crippen molar-refractivity contribution >= 4 is 5.91 Å². The van der Waals surface area contributed by atoms with Gasteiger partial charge in [-0.05, 0) is 45.0 Å². The second-order valence-corrected chi connectivity index (χ2v) is 5.60. The SMILES string of the molecule is Cc1ccc(C2COCCN2C(=O)C2CCNCC2)o1. The summed E-state index contributed by atoms with van der Waals surface area (Å²) in [6.45, 7) is 5.60. The van der Waals surface area contributed by atoms with E-state index in [1.54, 1.807) is 0 Å². The summed E-state index contributed by atoms with van der Waals surface area (Å²) in [5.74, 6) is 2.12. The molecule has 0 saturated carbocycles. The first-order chi connectivity index (χ1) is 9.75. The van der Waals surface area contributed by atoms with Crippen molar-refractivity contribution in [3.05, 3.63) is 23.7 Å². The van der Waals surface area contributed by atoms with E-state index < -0.39 is 0 Å². The van der Waals surface area contributed by atoms with Gasteiger partial charge in [-0.25, -0.2) is 0 Å². The number of carbonyl (C=O) groups is 1. The summed E-state index contributed by atoms with van der Waals surface area (Å²) < 4.78 is 11.3. The van der Waals surface area contributed by atoms with Gasteiger partial charge in [0.1, 0.15) is 17.6 Å². The summed E-state index contributed by atoms with van der Waals surface area (Å²) in [5.41, 5.74) is 0. The topological polar surface area (TPSA) is 54.7 Å². The fourth-order valence-corrected chi connectivity index (χ4v) is 3.04. The molecule has 2 aliphatic heterocycles. The molecule has 1 aromatic rings. The van der Waals surface area contributed by atoms with Crippen LogP contribution in [0, 0.1) is 12.8 Å². The molecule has 2 aliphatic rings. The lowest BCUT2D eigenvalue weighted by atomic mass is 9.95. The number of carbonyl (C=O) groups excluding carboxylic acids is 1. The van der Waals surface area contributed by atoms with Crippen LogP contribution in [0.15, 0.2) is 16.5 Å². The average Bonchev–Trinajstić information content (AvgIpc) is 2.94. The number of nitrogens with zero attached hydrogens (tertiary/aromatic N) is 1. The fraction of sp³-hybridized carbons (Fsp3) is 0.667. The maximum Gasteiger partial charge on any atom is 0.226 e. The van der Waals surface area contributed by atoms with Crippen LogP contribution in [-0.2, 0) is 9.53 Å². The quantitative estimate of drug-likeness (QED) is 0.890. The summed E-state index contributed by atoms with van der Waals surface area (Å²) in [6, 6.07) is 3.83. The molecule has 3 rings (SSSR count). The molecule has 1 amide bonds. The summed E-state index contributed by atoms with van der Waals surface area (Å²) in [5, 5.41) is 3.30. The Labute approximate surface area is 119 Å². The van der Waals surface area contributed by atoms with Crippen molar-refractivity contribution in [2.75, 3.05) is 32.8 Å². The third-order valence-electron chi connectivity index (χ3n) is 4.19. The Morgan fingerprint density at radius 1 is 1.35 bits per heavy atom. The minimum atomic E-state index is -0.0696. The van der Waals surface area contributed by atoms with Gasteiger partial charge in [0.05, 0.1) is 13.2 Å². The largest absolute Gasteiger partial charge is 0.464 e. The van der Waals surface area contributed by atoms with Gasteiger partial charge in [0.25, 0.3) is 0 Å². The van der Waals surface area contributed by atoms with Crippen LogP contribution in [0.2, 0.25) is 0 Å². The zero-order valence-corrected chi connectivity index (χ0v) is 11.9. The lowest BCUT2D eigenvalue weighted by molar-refractivity contribution is -0.146. The molecule has 2 fully saturated rings. The predicted octanol–water partition coefficient (Wildman–Crippen LogP) is 1.49. The number of piperidine rings is 1. The van der Waals surface area contributed by atoms with Gasteiger partial charge in [-0.3, -0.25) is 4.79 Å². The molecule has 1 aromatic heterocycles. The molecule has 0 aromatic carbocycles. The molecule has 1 unspecified atom stereocenters. The van der Waals surface area contributed by atoms with Crippen molar-refractivity contribution in [2.24, 2.45) is 5.92 Å². The maximum atomic E-state index is 12.7. The second kappa shape index (κ2) is 5.97. The smallest absolute Gasteiger partial charge is 0.226 e. The average molecular weight is 278 g/mol. The monoisotopic (exact) mass is 278 g/mol. The van der Waals surface area contributed by atoms with E-state index in [0.29, 0.717) is 19.8 Å². The van der Waals surface area contributed by atoms with Gasteiger partial charge < -0.3 is 19.4 Å². The van der Waals surface area contributed by atoms with Crippen LogP contribution in [-0.4, -0.2) is 43.7 Å². The third-order valence-corrected chi connectivity index (χ3v) is 4.19. The number of furan rings is 1. The van der Waals surface area contributed by atoms with Crippen molar-refractivity contribution in [3.8, 4) is 0 Å². The number of morpholine rings is 1. The first kappa shape index (κ1) is 13.6. The molecule has 0 radical (unpaired) electrons. The summed E-state index contributed by atoms with van der Waals surface area (Å²) in [4.78, 5) is 14.7. The molecular weight excluding hydrogens is 256 g/mol. The van der Waals surface area contributed by atoms with Crippen LogP contribution in [0.4, 0.5) is 0 Å². The third kappa shape index (κ3) is 2.74. The Morgan fingerprint density at radius 3 is 2.85 bits per heavy atom. The molecule has 0 bridgehead atoms. The first-order valence-electron chi connectivity index (χ1n) is 7.41. The number of rotatable bonds is 2. The number of aryl methyl sites for hydroxylation is 1. The highest BCUT2D eigenvalue weighted by Gasteiger charge is 2.34. The van der Waals surface area contributed by atoms with E-state index in [2.05, 4.69) is 5.32 Å². The number of amides is 1. The Morgan fingerprint density at radius 2 is 2.15 bits per heavy atom. The van der Waals surface area contributed by atoms with Crippen LogP contribution < -0.4 is 5.32 Å². The van der Waals surface area contributed by atoms with Crippen LogP contribution in [0.5, 0.6) is 0 Å². The van der Waals surface area contributed by atoms with Gasteiger partial charge in [0, 0.05) is 12.5 Å². The maximum absolute atomic E-state index is 12.7. The number of nitrogens with one attached hydrogen (secondary N) is 1. The second-order valence-electron chi connectivity index (χ2n) is 5.60. The molecule has 0 aliphatic carbocycles. The molecular formula is C15H22N2O3. The van der Waals surface area contributed by atoms with Crippen molar-refractivity contribution < 1.29 is 13.9 Å². The minimum Gasteiger partial charge on any atom is -0.464 e. The molecule has 110 valence electrons. The Bertz CT molecular complexity index is 465.